The minimum absolute atomic E-state index is 0.898. The third-order valence-corrected chi connectivity index (χ3v) is 5.43. The minimum atomic E-state index is 0.898. The van der Waals surface area contributed by atoms with Crippen LogP contribution in [0.4, 0.5) is 0 Å². The number of rotatable bonds is 2. The van der Waals surface area contributed by atoms with E-state index in [9.17, 15) is 0 Å². The zero-order valence-corrected chi connectivity index (χ0v) is 11.2. The molecule has 2 aromatic rings. The van der Waals surface area contributed by atoms with Crippen LogP contribution in [0.25, 0.3) is 10.1 Å². The van der Waals surface area contributed by atoms with Crippen molar-refractivity contribution in [2.24, 2.45) is 11.8 Å². The standard InChI is InChI=1S/C15H18N2S/c1-2-4-15-14(3-1)13(10-18-15)9-17-7-11-5-16-6-12(11)8-17/h1-4,10-12,16H,5-9H2. The highest BCUT2D eigenvalue weighted by molar-refractivity contribution is 7.17. The first-order valence-corrected chi connectivity index (χ1v) is 7.66. The Kier molecular flexibility index (Phi) is 2.64. The van der Waals surface area contributed by atoms with Crippen LogP contribution in [0.2, 0.25) is 0 Å². The topological polar surface area (TPSA) is 15.3 Å². The van der Waals surface area contributed by atoms with Gasteiger partial charge in [-0.25, -0.2) is 0 Å². The van der Waals surface area contributed by atoms with Crippen LogP contribution in [0.3, 0.4) is 0 Å². The molecule has 2 fully saturated rings. The number of thiophene rings is 1. The Morgan fingerprint density at radius 2 is 1.94 bits per heavy atom. The Balaban J connectivity index is 1.55. The lowest BCUT2D eigenvalue weighted by Crippen LogP contribution is -2.25. The van der Waals surface area contributed by atoms with E-state index in [1.54, 1.807) is 0 Å². The van der Waals surface area contributed by atoms with Gasteiger partial charge in [0, 0.05) is 24.3 Å². The molecule has 0 aliphatic carbocycles. The first-order chi connectivity index (χ1) is 8.90. The van der Waals surface area contributed by atoms with E-state index in [4.69, 9.17) is 0 Å². The van der Waals surface area contributed by atoms with Gasteiger partial charge in [0.1, 0.15) is 0 Å². The molecule has 2 atom stereocenters. The molecule has 0 saturated carbocycles. The number of hydrogen-bond acceptors (Lipinski definition) is 3. The van der Waals surface area contributed by atoms with Crippen LogP contribution in [0.5, 0.6) is 0 Å². The summed E-state index contributed by atoms with van der Waals surface area (Å²) in [6, 6.07) is 8.78. The molecule has 2 aliphatic rings. The van der Waals surface area contributed by atoms with Gasteiger partial charge in [0.25, 0.3) is 0 Å². The highest BCUT2D eigenvalue weighted by atomic mass is 32.1. The van der Waals surface area contributed by atoms with Crippen molar-refractivity contribution < 1.29 is 0 Å². The fourth-order valence-corrected chi connectivity index (χ4v) is 4.43. The monoisotopic (exact) mass is 258 g/mol. The van der Waals surface area contributed by atoms with Crippen LogP contribution in [-0.2, 0) is 6.54 Å². The first-order valence-electron chi connectivity index (χ1n) is 6.78. The zero-order chi connectivity index (χ0) is 11.9. The van der Waals surface area contributed by atoms with Gasteiger partial charge in [-0.15, -0.1) is 11.3 Å². The largest absolute Gasteiger partial charge is 0.316 e. The van der Waals surface area contributed by atoms with Gasteiger partial charge < -0.3 is 5.32 Å². The number of benzene rings is 1. The molecule has 4 rings (SSSR count). The second-order valence-electron chi connectivity index (χ2n) is 5.63. The molecule has 1 aromatic carbocycles. The molecule has 0 amide bonds. The van der Waals surface area contributed by atoms with Crippen molar-refractivity contribution in [1.82, 2.24) is 10.2 Å². The molecule has 3 heteroatoms. The van der Waals surface area contributed by atoms with Crippen molar-refractivity contribution in [2.45, 2.75) is 6.54 Å². The molecule has 1 N–H and O–H groups in total. The van der Waals surface area contributed by atoms with Gasteiger partial charge in [-0.1, -0.05) is 18.2 Å². The first kappa shape index (κ1) is 11.0. The molecule has 2 nitrogen and oxygen atoms in total. The summed E-state index contributed by atoms with van der Waals surface area (Å²) in [4.78, 5) is 2.64. The highest BCUT2D eigenvalue weighted by Gasteiger charge is 2.35. The Morgan fingerprint density at radius 1 is 1.17 bits per heavy atom. The zero-order valence-electron chi connectivity index (χ0n) is 10.4. The summed E-state index contributed by atoms with van der Waals surface area (Å²) in [6.45, 7) is 6.15. The van der Waals surface area contributed by atoms with Crippen LogP contribution in [0.15, 0.2) is 29.6 Å². The molecular formula is C15H18N2S. The maximum Gasteiger partial charge on any atom is 0.0346 e. The van der Waals surface area contributed by atoms with Crippen LogP contribution in [0, 0.1) is 11.8 Å². The average molecular weight is 258 g/mol. The number of likely N-dealkylation sites (tertiary alicyclic amines) is 1. The number of fused-ring (bicyclic) bond motifs is 2. The highest BCUT2D eigenvalue weighted by Crippen LogP contribution is 2.31. The predicted molar refractivity (Wildman–Crippen MR) is 77.0 cm³/mol. The van der Waals surface area contributed by atoms with E-state index in [0.29, 0.717) is 0 Å². The summed E-state index contributed by atoms with van der Waals surface area (Å²) in [5.41, 5.74) is 1.52. The Hall–Kier alpha value is -0.900. The van der Waals surface area contributed by atoms with E-state index >= 15 is 0 Å². The molecule has 0 radical (unpaired) electrons. The molecule has 2 unspecified atom stereocenters. The van der Waals surface area contributed by atoms with E-state index < -0.39 is 0 Å². The third-order valence-electron chi connectivity index (χ3n) is 4.42. The fourth-order valence-electron chi connectivity index (χ4n) is 3.48. The lowest BCUT2D eigenvalue weighted by atomic mass is 10.0. The predicted octanol–water partition coefficient (Wildman–Crippen LogP) is 2.55. The summed E-state index contributed by atoms with van der Waals surface area (Å²) >= 11 is 1.88. The molecular weight excluding hydrogens is 240 g/mol. The van der Waals surface area contributed by atoms with Crippen molar-refractivity contribution >= 4 is 21.4 Å². The van der Waals surface area contributed by atoms with Gasteiger partial charge in [-0.05, 0) is 47.3 Å². The van der Waals surface area contributed by atoms with Crippen molar-refractivity contribution in [3.05, 3.63) is 35.2 Å². The SMILES string of the molecule is c1ccc2c(CN3CC4CNCC4C3)csc2c1. The van der Waals surface area contributed by atoms with Crippen molar-refractivity contribution in [1.29, 1.82) is 0 Å². The lowest BCUT2D eigenvalue weighted by Gasteiger charge is -2.16. The summed E-state index contributed by atoms with van der Waals surface area (Å²) in [5, 5.41) is 7.31. The van der Waals surface area contributed by atoms with E-state index in [1.165, 1.54) is 41.8 Å². The summed E-state index contributed by atoms with van der Waals surface area (Å²) < 4.78 is 1.42. The van der Waals surface area contributed by atoms with Gasteiger partial charge in [0.05, 0.1) is 0 Å². The van der Waals surface area contributed by atoms with Crippen LogP contribution >= 0.6 is 11.3 Å². The minimum Gasteiger partial charge on any atom is -0.316 e. The van der Waals surface area contributed by atoms with Gasteiger partial charge >= 0.3 is 0 Å². The second-order valence-corrected chi connectivity index (χ2v) is 6.54. The Labute approximate surface area is 112 Å². The smallest absolute Gasteiger partial charge is 0.0346 e. The number of nitrogens with one attached hydrogen (secondary N) is 1. The maximum absolute atomic E-state index is 3.51. The summed E-state index contributed by atoms with van der Waals surface area (Å²) in [5.74, 6) is 1.80. The van der Waals surface area contributed by atoms with Crippen molar-refractivity contribution in [3.8, 4) is 0 Å². The quantitative estimate of drug-likeness (QED) is 0.890. The van der Waals surface area contributed by atoms with Crippen LogP contribution in [-0.4, -0.2) is 31.1 Å². The average Bonchev–Trinajstić information content (AvgIpc) is 3.04. The molecule has 3 heterocycles. The normalized spacial score (nSPS) is 28.0. The number of nitrogens with zero attached hydrogens (tertiary/aromatic N) is 1. The molecule has 18 heavy (non-hydrogen) atoms. The molecule has 2 aliphatic heterocycles. The second kappa shape index (κ2) is 4.34. The number of hydrogen-bond donors (Lipinski definition) is 1. The molecule has 2 saturated heterocycles. The summed E-state index contributed by atoms with van der Waals surface area (Å²) in [6.07, 6.45) is 0. The lowest BCUT2D eigenvalue weighted by molar-refractivity contribution is 0.307. The van der Waals surface area contributed by atoms with E-state index in [2.05, 4.69) is 39.9 Å². The van der Waals surface area contributed by atoms with Gasteiger partial charge in [0.2, 0.25) is 0 Å². The molecule has 0 bridgehead atoms. The Bertz CT molecular complexity index is 550. The third kappa shape index (κ3) is 1.78. The van der Waals surface area contributed by atoms with E-state index in [0.717, 1.165) is 18.4 Å². The van der Waals surface area contributed by atoms with E-state index in [1.807, 2.05) is 11.3 Å². The van der Waals surface area contributed by atoms with Crippen molar-refractivity contribution in [3.63, 3.8) is 0 Å². The van der Waals surface area contributed by atoms with Crippen LogP contribution < -0.4 is 5.32 Å². The van der Waals surface area contributed by atoms with Gasteiger partial charge in [-0.3, -0.25) is 4.90 Å². The van der Waals surface area contributed by atoms with Crippen LogP contribution in [0.1, 0.15) is 5.56 Å². The summed E-state index contributed by atoms with van der Waals surface area (Å²) in [7, 11) is 0. The molecule has 0 spiro atoms. The Morgan fingerprint density at radius 3 is 2.78 bits per heavy atom. The maximum atomic E-state index is 3.51. The fraction of sp³-hybridized carbons (Fsp3) is 0.467. The van der Waals surface area contributed by atoms with Crippen molar-refractivity contribution in [2.75, 3.05) is 26.2 Å². The molecule has 1 aromatic heterocycles. The molecule has 94 valence electrons. The van der Waals surface area contributed by atoms with E-state index in [-0.39, 0.29) is 0 Å². The van der Waals surface area contributed by atoms with Gasteiger partial charge in [-0.2, -0.15) is 0 Å². The van der Waals surface area contributed by atoms with Gasteiger partial charge in [0.15, 0.2) is 0 Å².